The molecule has 1 N–H and O–H groups in total. The van der Waals surface area contributed by atoms with Crippen molar-refractivity contribution in [2.45, 2.75) is 13.3 Å². The molecule has 3 aromatic rings. The molecule has 0 aliphatic carbocycles. The summed E-state index contributed by atoms with van der Waals surface area (Å²) >= 11 is 8.15. The first-order valence-corrected chi connectivity index (χ1v) is 8.98. The van der Waals surface area contributed by atoms with E-state index in [0.717, 1.165) is 26.8 Å². The standard InChI is InChI=1S/C19H15ClINO2/c1-2-12-11-15(21)7-8-16(12)22-19(23)18-10-9-17(24-18)13-3-5-14(20)6-4-13/h3-11H,2H2,1H3,(H,22,23). The predicted molar refractivity (Wildman–Crippen MR) is 106 cm³/mol. The maximum absolute atomic E-state index is 12.4. The molecule has 0 fully saturated rings. The van der Waals surface area contributed by atoms with Crippen LogP contribution in [0.4, 0.5) is 5.69 Å². The van der Waals surface area contributed by atoms with Gasteiger partial charge in [0, 0.05) is 19.8 Å². The normalized spacial score (nSPS) is 10.6. The fourth-order valence-corrected chi connectivity index (χ4v) is 3.07. The number of carbonyl (C=O) groups excluding carboxylic acids is 1. The third-order valence-electron chi connectivity index (χ3n) is 3.65. The molecule has 0 radical (unpaired) electrons. The summed E-state index contributed by atoms with van der Waals surface area (Å²) in [5.41, 5.74) is 2.79. The lowest BCUT2D eigenvalue weighted by Gasteiger charge is -2.09. The number of hydrogen-bond donors (Lipinski definition) is 1. The minimum absolute atomic E-state index is 0.258. The van der Waals surface area contributed by atoms with E-state index in [1.54, 1.807) is 24.3 Å². The van der Waals surface area contributed by atoms with Crippen molar-refractivity contribution in [3.05, 3.63) is 74.5 Å². The van der Waals surface area contributed by atoms with Crippen LogP contribution in [0.5, 0.6) is 0 Å². The SMILES string of the molecule is CCc1cc(I)ccc1NC(=O)c1ccc(-c2ccc(Cl)cc2)o1. The molecule has 0 unspecified atom stereocenters. The van der Waals surface area contributed by atoms with E-state index in [1.807, 2.05) is 24.3 Å². The number of halogens is 2. The second-order valence-corrected chi connectivity index (χ2v) is 6.96. The molecule has 0 saturated heterocycles. The van der Waals surface area contributed by atoms with Gasteiger partial charge in [0.15, 0.2) is 5.76 Å². The second-order valence-electron chi connectivity index (χ2n) is 5.28. The minimum atomic E-state index is -0.258. The number of anilines is 1. The summed E-state index contributed by atoms with van der Waals surface area (Å²) in [6, 6.07) is 16.7. The van der Waals surface area contributed by atoms with E-state index < -0.39 is 0 Å². The topological polar surface area (TPSA) is 42.2 Å². The van der Waals surface area contributed by atoms with E-state index in [4.69, 9.17) is 16.0 Å². The van der Waals surface area contributed by atoms with Gasteiger partial charge in [-0.2, -0.15) is 0 Å². The fourth-order valence-electron chi connectivity index (χ4n) is 2.39. The largest absolute Gasteiger partial charge is 0.451 e. The molecule has 2 aromatic carbocycles. The van der Waals surface area contributed by atoms with Gasteiger partial charge < -0.3 is 9.73 Å². The van der Waals surface area contributed by atoms with Crippen molar-refractivity contribution in [1.82, 2.24) is 0 Å². The Hall–Kier alpha value is -1.79. The van der Waals surface area contributed by atoms with Crippen LogP contribution < -0.4 is 5.32 Å². The molecule has 1 heterocycles. The van der Waals surface area contributed by atoms with Gasteiger partial charge in [0.1, 0.15) is 5.76 Å². The van der Waals surface area contributed by atoms with Gasteiger partial charge in [0.25, 0.3) is 5.91 Å². The van der Waals surface area contributed by atoms with Crippen molar-refractivity contribution in [1.29, 1.82) is 0 Å². The predicted octanol–water partition coefficient (Wildman–Crippen LogP) is 6.02. The molecule has 0 aliphatic rings. The van der Waals surface area contributed by atoms with Crippen LogP contribution in [0.15, 0.2) is 59.0 Å². The third-order valence-corrected chi connectivity index (χ3v) is 4.58. The van der Waals surface area contributed by atoms with Crippen molar-refractivity contribution in [2.75, 3.05) is 5.32 Å². The van der Waals surface area contributed by atoms with Gasteiger partial charge in [0.2, 0.25) is 0 Å². The summed E-state index contributed by atoms with van der Waals surface area (Å²) in [5.74, 6) is 0.654. The highest BCUT2D eigenvalue weighted by Crippen LogP contribution is 2.25. The molecule has 0 bridgehead atoms. The van der Waals surface area contributed by atoms with Crippen LogP contribution in [0, 0.1) is 3.57 Å². The van der Waals surface area contributed by atoms with Crippen LogP contribution in [0.25, 0.3) is 11.3 Å². The van der Waals surface area contributed by atoms with Gasteiger partial charge in [0.05, 0.1) is 0 Å². The smallest absolute Gasteiger partial charge is 0.291 e. The Kier molecular flexibility index (Phi) is 5.26. The van der Waals surface area contributed by atoms with Crippen molar-refractivity contribution < 1.29 is 9.21 Å². The maximum atomic E-state index is 12.4. The molecule has 122 valence electrons. The number of rotatable bonds is 4. The number of amides is 1. The first-order chi connectivity index (χ1) is 11.6. The van der Waals surface area contributed by atoms with E-state index in [9.17, 15) is 4.79 Å². The summed E-state index contributed by atoms with van der Waals surface area (Å²) in [7, 11) is 0. The Balaban J connectivity index is 1.80. The Morgan fingerprint density at radius 2 is 1.88 bits per heavy atom. The Bertz CT molecular complexity index is 871. The highest BCUT2D eigenvalue weighted by Gasteiger charge is 2.14. The summed E-state index contributed by atoms with van der Waals surface area (Å²) < 4.78 is 6.83. The van der Waals surface area contributed by atoms with E-state index in [0.29, 0.717) is 10.8 Å². The van der Waals surface area contributed by atoms with Gasteiger partial charge >= 0.3 is 0 Å². The number of nitrogens with one attached hydrogen (secondary N) is 1. The van der Waals surface area contributed by atoms with E-state index in [2.05, 4.69) is 40.9 Å². The van der Waals surface area contributed by atoms with Crippen LogP contribution >= 0.6 is 34.2 Å². The molecule has 0 atom stereocenters. The maximum Gasteiger partial charge on any atom is 0.291 e. The monoisotopic (exact) mass is 451 g/mol. The molecular formula is C19H15ClINO2. The Labute approximate surface area is 159 Å². The van der Waals surface area contributed by atoms with Crippen molar-refractivity contribution in [2.24, 2.45) is 0 Å². The van der Waals surface area contributed by atoms with Gasteiger partial charge in [-0.1, -0.05) is 18.5 Å². The van der Waals surface area contributed by atoms with Crippen LogP contribution in [-0.4, -0.2) is 5.91 Å². The van der Waals surface area contributed by atoms with Crippen LogP contribution in [0.1, 0.15) is 23.0 Å². The average molecular weight is 452 g/mol. The first-order valence-electron chi connectivity index (χ1n) is 7.52. The number of carbonyl (C=O) groups is 1. The molecule has 5 heteroatoms. The number of benzene rings is 2. The quantitative estimate of drug-likeness (QED) is 0.493. The molecule has 1 amide bonds. The van der Waals surface area contributed by atoms with E-state index in [-0.39, 0.29) is 11.7 Å². The number of hydrogen-bond acceptors (Lipinski definition) is 2. The van der Waals surface area contributed by atoms with Crippen LogP contribution in [-0.2, 0) is 6.42 Å². The average Bonchev–Trinajstić information content (AvgIpc) is 3.07. The summed E-state index contributed by atoms with van der Waals surface area (Å²) in [6.45, 7) is 2.06. The van der Waals surface area contributed by atoms with Gasteiger partial charge in [-0.25, -0.2) is 0 Å². The third kappa shape index (κ3) is 3.82. The summed E-state index contributed by atoms with van der Waals surface area (Å²) in [5, 5.41) is 3.58. The van der Waals surface area contributed by atoms with Crippen LogP contribution in [0.3, 0.4) is 0 Å². The Morgan fingerprint density at radius 1 is 1.12 bits per heavy atom. The van der Waals surface area contributed by atoms with Gasteiger partial charge in [-0.3, -0.25) is 4.79 Å². The Morgan fingerprint density at radius 3 is 2.58 bits per heavy atom. The highest BCUT2D eigenvalue weighted by atomic mass is 127. The first kappa shape index (κ1) is 17.0. The molecule has 3 nitrogen and oxygen atoms in total. The lowest BCUT2D eigenvalue weighted by atomic mass is 10.1. The lowest BCUT2D eigenvalue weighted by molar-refractivity contribution is 0.0997. The van der Waals surface area contributed by atoms with E-state index in [1.165, 1.54) is 0 Å². The molecule has 0 saturated carbocycles. The zero-order chi connectivity index (χ0) is 17.1. The number of aryl methyl sites for hydroxylation is 1. The molecule has 0 aliphatic heterocycles. The molecule has 1 aromatic heterocycles. The summed E-state index contributed by atoms with van der Waals surface area (Å²) in [4.78, 5) is 12.4. The second kappa shape index (κ2) is 7.40. The van der Waals surface area contributed by atoms with Gasteiger partial charge in [-0.15, -0.1) is 0 Å². The minimum Gasteiger partial charge on any atom is -0.451 e. The van der Waals surface area contributed by atoms with Crippen LogP contribution in [0.2, 0.25) is 5.02 Å². The van der Waals surface area contributed by atoms with E-state index >= 15 is 0 Å². The van der Waals surface area contributed by atoms with Crippen molar-refractivity contribution >= 4 is 45.8 Å². The zero-order valence-corrected chi connectivity index (χ0v) is 15.9. The zero-order valence-electron chi connectivity index (χ0n) is 13.0. The van der Waals surface area contributed by atoms with Gasteiger partial charge in [-0.05, 0) is 89.2 Å². The molecular weight excluding hydrogens is 437 g/mol. The number of furan rings is 1. The fraction of sp³-hybridized carbons (Fsp3) is 0.105. The molecule has 0 spiro atoms. The molecule has 24 heavy (non-hydrogen) atoms. The lowest BCUT2D eigenvalue weighted by Crippen LogP contribution is -2.12. The van der Waals surface area contributed by atoms with Crippen molar-refractivity contribution in [3.63, 3.8) is 0 Å². The van der Waals surface area contributed by atoms with Crippen molar-refractivity contribution in [3.8, 4) is 11.3 Å². The summed E-state index contributed by atoms with van der Waals surface area (Å²) in [6.07, 6.45) is 0.848. The molecule has 3 rings (SSSR count). The highest BCUT2D eigenvalue weighted by molar-refractivity contribution is 14.1.